The molecule has 0 radical (unpaired) electrons. The van der Waals surface area contributed by atoms with E-state index >= 15 is 0 Å². The van der Waals surface area contributed by atoms with Gasteiger partial charge in [-0.25, -0.2) is 4.79 Å². The molecule has 0 aromatic heterocycles. The summed E-state index contributed by atoms with van der Waals surface area (Å²) in [5.74, 6) is -0.0298. The number of amides is 3. The Morgan fingerprint density at radius 2 is 1.60 bits per heavy atom. The Morgan fingerprint density at radius 1 is 0.975 bits per heavy atom. The van der Waals surface area contributed by atoms with Crippen LogP contribution in [0.3, 0.4) is 0 Å². The first kappa shape index (κ1) is 28.4. The smallest absolute Gasteiger partial charge is 0.372 e. The zero-order valence-electron chi connectivity index (χ0n) is 21.7. The SMILES string of the molecule is C[C@@H](OC[C@@]1(c2ccccc2)CCC2(CN1)C(=O)NC(=O)N2CC1CC1)c1cc(C(F)(F)F)cc(C(F)(F)F)c1. The summed E-state index contributed by atoms with van der Waals surface area (Å²) in [6.07, 6.45) is -8.41. The molecule has 2 heterocycles. The topological polar surface area (TPSA) is 70.7 Å². The van der Waals surface area contributed by atoms with Crippen molar-refractivity contribution in [1.29, 1.82) is 0 Å². The number of piperidine rings is 1. The van der Waals surface area contributed by atoms with Gasteiger partial charge in [0.1, 0.15) is 5.54 Å². The molecule has 0 bridgehead atoms. The third-order valence-electron chi connectivity index (χ3n) is 8.21. The molecule has 3 aliphatic rings. The zero-order valence-corrected chi connectivity index (χ0v) is 21.7. The van der Waals surface area contributed by atoms with Crippen molar-refractivity contribution in [1.82, 2.24) is 15.5 Å². The number of urea groups is 1. The maximum absolute atomic E-state index is 13.4. The summed E-state index contributed by atoms with van der Waals surface area (Å²) in [5.41, 5.74) is -4.25. The molecule has 2 aromatic carbocycles. The molecule has 3 atom stereocenters. The Kier molecular flexibility index (Phi) is 7.14. The molecule has 5 rings (SSSR count). The van der Waals surface area contributed by atoms with Gasteiger partial charge in [0.25, 0.3) is 5.91 Å². The second-order valence-electron chi connectivity index (χ2n) is 10.9. The summed E-state index contributed by atoms with van der Waals surface area (Å²) < 4.78 is 86.4. The minimum Gasteiger partial charge on any atom is -0.372 e. The van der Waals surface area contributed by atoms with Crippen molar-refractivity contribution in [2.45, 2.75) is 62.1 Å². The van der Waals surface area contributed by atoms with Crippen LogP contribution in [0.1, 0.15) is 61.0 Å². The number of imide groups is 1. The number of halogens is 6. The van der Waals surface area contributed by atoms with Crippen molar-refractivity contribution in [3.8, 4) is 0 Å². The van der Waals surface area contributed by atoms with E-state index in [1.165, 1.54) is 6.92 Å². The highest BCUT2D eigenvalue weighted by Crippen LogP contribution is 2.43. The van der Waals surface area contributed by atoms with Gasteiger partial charge in [0.2, 0.25) is 0 Å². The molecule has 2 N–H and O–H groups in total. The lowest BCUT2D eigenvalue weighted by Gasteiger charge is -2.48. The zero-order chi connectivity index (χ0) is 28.9. The lowest BCUT2D eigenvalue weighted by molar-refractivity contribution is -0.143. The third kappa shape index (κ3) is 5.43. The van der Waals surface area contributed by atoms with Crippen molar-refractivity contribution in [3.05, 3.63) is 70.8 Å². The third-order valence-corrected chi connectivity index (χ3v) is 8.21. The number of rotatable bonds is 7. The number of nitrogens with one attached hydrogen (secondary N) is 2. The number of carbonyl (C=O) groups excluding carboxylic acids is 2. The van der Waals surface area contributed by atoms with Crippen LogP contribution in [0.2, 0.25) is 0 Å². The van der Waals surface area contributed by atoms with E-state index in [0.29, 0.717) is 37.4 Å². The molecule has 2 saturated heterocycles. The lowest BCUT2D eigenvalue weighted by atomic mass is 9.75. The number of alkyl halides is 6. The van der Waals surface area contributed by atoms with Crippen LogP contribution in [0.5, 0.6) is 0 Å². The fourth-order valence-electron chi connectivity index (χ4n) is 5.54. The van der Waals surface area contributed by atoms with E-state index in [4.69, 9.17) is 4.74 Å². The highest BCUT2D eigenvalue weighted by Gasteiger charge is 2.57. The second-order valence-corrected chi connectivity index (χ2v) is 10.9. The fraction of sp³-hybridized carbons (Fsp3) is 0.500. The number of benzene rings is 2. The summed E-state index contributed by atoms with van der Waals surface area (Å²) in [5, 5.41) is 5.82. The van der Waals surface area contributed by atoms with Gasteiger partial charge in [0.15, 0.2) is 0 Å². The van der Waals surface area contributed by atoms with Crippen LogP contribution in [0.4, 0.5) is 31.1 Å². The maximum Gasteiger partial charge on any atom is 0.416 e. The first-order chi connectivity index (χ1) is 18.7. The predicted octanol–water partition coefficient (Wildman–Crippen LogP) is 5.78. The second kappa shape index (κ2) is 10.1. The van der Waals surface area contributed by atoms with Gasteiger partial charge < -0.3 is 15.0 Å². The molecule has 1 saturated carbocycles. The molecular weight excluding hydrogens is 540 g/mol. The van der Waals surface area contributed by atoms with E-state index in [2.05, 4.69) is 10.6 Å². The standard InChI is InChI=1S/C28H29F6N3O3/c1-17(19-11-21(27(29,30)31)13-22(12-19)28(32,33)34)40-16-25(20-5-3-2-4-6-20)9-10-26(15-35-25)23(38)36-24(39)37(26)14-18-7-8-18/h2-6,11-13,17-18,35H,7-10,14-16H2,1H3,(H,36,38,39)/t17-,25-,26?/m1/s1. The van der Waals surface area contributed by atoms with Gasteiger partial charge in [-0.2, -0.15) is 26.3 Å². The van der Waals surface area contributed by atoms with Gasteiger partial charge in [-0.05, 0) is 67.9 Å². The van der Waals surface area contributed by atoms with Gasteiger partial charge in [-0.15, -0.1) is 0 Å². The summed E-state index contributed by atoms with van der Waals surface area (Å²) >= 11 is 0. The van der Waals surface area contributed by atoms with Crippen LogP contribution in [0.25, 0.3) is 0 Å². The summed E-state index contributed by atoms with van der Waals surface area (Å²) in [6.45, 7) is 1.90. The van der Waals surface area contributed by atoms with Gasteiger partial charge in [-0.1, -0.05) is 30.3 Å². The van der Waals surface area contributed by atoms with Crippen LogP contribution in [0, 0.1) is 5.92 Å². The number of carbonyl (C=O) groups is 2. The molecule has 6 nitrogen and oxygen atoms in total. The van der Waals surface area contributed by atoms with Gasteiger partial charge in [0.05, 0.1) is 29.4 Å². The Balaban J connectivity index is 1.40. The molecule has 1 spiro atoms. The first-order valence-electron chi connectivity index (χ1n) is 13.1. The van der Waals surface area contributed by atoms with Gasteiger partial charge in [-0.3, -0.25) is 10.1 Å². The van der Waals surface area contributed by atoms with Crippen molar-refractivity contribution in [3.63, 3.8) is 0 Å². The normalized spacial score (nSPS) is 26.3. The molecule has 3 amide bonds. The van der Waals surface area contributed by atoms with E-state index in [0.717, 1.165) is 18.4 Å². The summed E-state index contributed by atoms with van der Waals surface area (Å²) in [7, 11) is 0. The number of ether oxygens (including phenoxy) is 1. The number of nitrogens with zero attached hydrogens (tertiary/aromatic N) is 1. The maximum atomic E-state index is 13.4. The average Bonchev–Trinajstić information content (AvgIpc) is 3.71. The van der Waals surface area contributed by atoms with Crippen molar-refractivity contribution in [2.24, 2.45) is 5.92 Å². The largest absolute Gasteiger partial charge is 0.416 e. The Bertz CT molecular complexity index is 1240. The van der Waals surface area contributed by atoms with Crippen LogP contribution in [-0.2, 0) is 27.4 Å². The summed E-state index contributed by atoms with van der Waals surface area (Å²) in [4.78, 5) is 27.2. The van der Waals surface area contributed by atoms with Gasteiger partial charge in [0, 0.05) is 13.1 Å². The summed E-state index contributed by atoms with van der Waals surface area (Å²) in [6, 6.07) is 10.1. The Hall–Kier alpha value is -3.12. The lowest BCUT2D eigenvalue weighted by Crippen LogP contribution is -2.65. The molecule has 2 aliphatic heterocycles. The van der Waals surface area contributed by atoms with E-state index in [1.54, 1.807) is 17.0 Å². The Morgan fingerprint density at radius 3 is 2.12 bits per heavy atom. The molecule has 216 valence electrons. The molecule has 1 unspecified atom stereocenters. The quantitative estimate of drug-likeness (QED) is 0.328. The highest BCUT2D eigenvalue weighted by molar-refractivity contribution is 6.07. The minimum absolute atomic E-state index is 0.0884. The van der Waals surface area contributed by atoms with Crippen LogP contribution < -0.4 is 10.6 Å². The molecule has 12 heteroatoms. The van der Waals surface area contributed by atoms with Gasteiger partial charge >= 0.3 is 18.4 Å². The van der Waals surface area contributed by atoms with Crippen molar-refractivity contribution in [2.75, 3.05) is 19.7 Å². The first-order valence-corrected chi connectivity index (χ1v) is 13.1. The molecule has 2 aromatic rings. The van der Waals surface area contributed by atoms with Crippen LogP contribution in [-0.4, -0.2) is 42.1 Å². The average molecular weight is 570 g/mol. The van der Waals surface area contributed by atoms with E-state index in [-0.39, 0.29) is 30.7 Å². The van der Waals surface area contributed by atoms with Crippen LogP contribution >= 0.6 is 0 Å². The minimum atomic E-state index is -4.97. The molecule has 1 aliphatic carbocycles. The predicted molar refractivity (Wildman–Crippen MR) is 132 cm³/mol. The number of hydrogen-bond acceptors (Lipinski definition) is 4. The number of hydrogen-bond donors (Lipinski definition) is 2. The monoisotopic (exact) mass is 569 g/mol. The molecular formula is C28H29F6N3O3. The van der Waals surface area contributed by atoms with Crippen molar-refractivity contribution >= 4 is 11.9 Å². The molecule has 40 heavy (non-hydrogen) atoms. The highest BCUT2D eigenvalue weighted by atomic mass is 19.4. The van der Waals surface area contributed by atoms with E-state index in [1.807, 2.05) is 18.2 Å². The van der Waals surface area contributed by atoms with E-state index < -0.39 is 46.7 Å². The van der Waals surface area contributed by atoms with E-state index in [9.17, 15) is 35.9 Å². The Labute approximate surface area is 227 Å². The van der Waals surface area contributed by atoms with Crippen molar-refractivity contribution < 1.29 is 40.7 Å². The fourth-order valence-corrected chi connectivity index (χ4v) is 5.54. The molecule has 3 fully saturated rings. The van der Waals surface area contributed by atoms with Crippen LogP contribution in [0.15, 0.2) is 48.5 Å².